The van der Waals surface area contributed by atoms with E-state index in [9.17, 15) is 0 Å². The van der Waals surface area contributed by atoms with Crippen molar-refractivity contribution in [2.45, 2.75) is 33.6 Å². The third kappa shape index (κ3) is 4.77. The minimum absolute atomic E-state index is 1.04. The number of nitrogens with one attached hydrogen (secondary N) is 1. The Kier molecular flexibility index (Phi) is 6.98. The molecule has 0 saturated carbocycles. The highest BCUT2D eigenvalue weighted by molar-refractivity contribution is 4.46. The van der Waals surface area contributed by atoms with E-state index in [0.29, 0.717) is 0 Å². The average Bonchev–Trinajstić information content (AvgIpc) is 1.98. The van der Waals surface area contributed by atoms with E-state index in [1.165, 1.54) is 19.4 Å². The molecule has 0 aliphatic heterocycles. The molecule has 0 aliphatic carbocycles. The first-order valence-electron chi connectivity index (χ1n) is 4.33. The Balaban J connectivity index is 3.21. The second-order valence-corrected chi connectivity index (χ2v) is 2.44. The molecule has 0 rings (SSSR count). The first-order chi connectivity index (χ1) is 4.85. The van der Waals surface area contributed by atoms with Crippen molar-refractivity contribution < 1.29 is 0 Å². The van der Waals surface area contributed by atoms with Crippen molar-refractivity contribution in [3.63, 3.8) is 0 Å². The van der Waals surface area contributed by atoms with Crippen molar-refractivity contribution >= 4 is 0 Å². The lowest BCUT2D eigenvalue weighted by Gasteiger charge is -2.19. The number of rotatable bonds is 6. The number of unbranched alkanes of at least 4 members (excludes halogenated alkanes) is 1. The SMILES string of the molecule is CCCCN(CC)NCC. The molecule has 0 unspecified atom stereocenters. The summed E-state index contributed by atoms with van der Waals surface area (Å²) in [5.41, 5.74) is 3.30. The van der Waals surface area contributed by atoms with E-state index in [-0.39, 0.29) is 0 Å². The Hall–Kier alpha value is -0.0800. The first kappa shape index (κ1) is 9.92. The summed E-state index contributed by atoms with van der Waals surface area (Å²) in [5, 5.41) is 2.27. The van der Waals surface area contributed by atoms with Crippen LogP contribution in [0.2, 0.25) is 0 Å². The zero-order valence-corrected chi connectivity index (χ0v) is 7.48. The van der Waals surface area contributed by atoms with Gasteiger partial charge < -0.3 is 0 Å². The van der Waals surface area contributed by atoms with Gasteiger partial charge in [0.25, 0.3) is 0 Å². The molecule has 0 aromatic rings. The van der Waals surface area contributed by atoms with Gasteiger partial charge in [-0.1, -0.05) is 27.2 Å². The molecule has 0 atom stereocenters. The molecule has 0 saturated heterocycles. The molecule has 62 valence electrons. The zero-order valence-electron chi connectivity index (χ0n) is 7.48. The lowest BCUT2D eigenvalue weighted by molar-refractivity contribution is 0.200. The molecule has 0 spiro atoms. The predicted molar refractivity (Wildman–Crippen MR) is 45.8 cm³/mol. The maximum absolute atomic E-state index is 3.30. The molecule has 0 amide bonds. The van der Waals surface area contributed by atoms with Gasteiger partial charge in [-0.15, -0.1) is 0 Å². The minimum Gasteiger partial charge on any atom is -0.255 e. The van der Waals surface area contributed by atoms with E-state index in [2.05, 4.69) is 31.2 Å². The van der Waals surface area contributed by atoms with Crippen LogP contribution in [0.15, 0.2) is 0 Å². The molecular formula is C8H20N2. The summed E-state index contributed by atoms with van der Waals surface area (Å²) in [5.74, 6) is 0. The van der Waals surface area contributed by atoms with Crippen LogP contribution in [0.1, 0.15) is 33.6 Å². The van der Waals surface area contributed by atoms with Gasteiger partial charge in [0.1, 0.15) is 0 Å². The summed E-state index contributed by atoms with van der Waals surface area (Å²) >= 11 is 0. The van der Waals surface area contributed by atoms with Gasteiger partial charge in [-0.3, -0.25) is 5.43 Å². The highest BCUT2D eigenvalue weighted by Gasteiger charge is 1.96. The van der Waals surface area contributed by atoms with E-state index < -0.39 is 0 Å². The van der Waals surface area contributed by atoms with E-state index in [1.807, 2.05) is 0 Å². The molecule has 0 aromatic heterocycles. The van der Waals surface area contributed by atoms with E-state index in [1.54, 1.807) is 0 Å². The summed E-state index contributed by atoms with van der Waals surface area (Å²) in [6, 6.07) is 0. The van der Waals surface area contributed by atoms with Crippen molar-refractivity contribution in [1.29, 1.82) is 0 Å². The van der Waals surface area contributed by atoms with Crippen molar-refractivity contribution in [3.8, 4) is 0 Å². The average molecular weight is 144 g/mol. The molecule has 0 bridgehead atoms. The van der Waals surface area contributed by atoms with Crippen LogP contribution in [0.4, 0.5) is 0 Å². The summed E-state index contributed by atoms with van der Waals surface area (Å²) in [4.78, 5) is 0. The van der Waals surface area contributed by atoms with E-state index >= 15 is 0 Å². The second-order valence-electron chi connectivity index (χ2n) is 2.44. The van der Waals surface area contributed by atoms with Gasteiger partial charge in [-0.05, 0) is 6.42 Å². The largest absolute Gasteiger partial charge is 0.255 e. The van der Waals surface area contributed by atoms with Gasteiger partial charge in [0, 0.05) is 19.6 Å². The Bertz CT molecular complexity index is 64.3. The molecule has 0 fully saturated rings. The second kappa shape index (κ2) is 7.03. The van der Waals surface area contributed by atoms with Gasteiger partial charge in [0.15, 0.2) is 0 Å². The van der Waals surface area contributed by atoms with Gasteiger partial charge in [-0.2, -0.15) is 0 Å². The summed E-state index contributed by atoms with van der Waals surface area (Å²) in [7, 11) is 0. The molecule has 0 radical (unpaired) electrons. The Morgan fingerprint density at radius 3 is 2.30 bits per heavy atom. The normalized spacial score (nSPS) is 10.8. The fourth-order valence-corrected chi connectivity index (χ4v) is 0.922. The van der Waals surface area contributed by atoms with Crippen LogP contribution in [0.5, 0.6) is 0 Å². The molecule has 0 heterocycles. The highest BCUT2D eigenvalue weighted by atomic mass is 15.5. The van der Waals surface area contributed by atoms with Crippen LogP contribution >= 0.6 is 0 Å². The number of hydrogen-bond donors (Lipinski definition) is 1. The number of nitrogens with zero attached hydrogens (tertiary/aromatic N) is 1. The van der Waals surface area contributed by atoms with E-state index in [4.69, 9.17) is 0 Å². The summed E-state index contributed by atoms with van der Waals surface area (Å²) in [6.07, 6.45) is 2.57. The summed E-state index contributed by atoms with van der Waals surface area (Å²) in [6.45, 7) is 9.86. The van der Waals surface area contributed by atoms with Gasteiger partial charge in [0.05, 0.1) is 0 Å². The van der Waals surface area contributed by atoms with Gasteiger partial charge in [0.2, 0.25) is 0 Å². The van der Waals surface area contributed by atoms with Crippen LogP contribution in [0, 0.1) is 0 Å². The zero-order chi connectivity index (χ0) is 7.82. The van der Waals surface area contributed by atoms with Crippen molar-refractivity contribution in [1.82, 2.24) is 10.4 Å². The lowest BCUT2D eigenvalue weighted by Crippen LogP contribution is -2.38. The summed E-state index contributed by atoms with van der Waals surface area (Å²) < 4.78 is 0. The number of hydrazine groups is 1. The van der Waals surface area contributed by atoms with Crippen molar-refractivity contribution in [3.05, 3.63) is 0 Å². The van der Waals surface area contributed by atoms with Crippen LogP contribution in [-0.2, 0) is 0 Å². The minimum atomic E-state index is 1.04. The van der Waals surface area contributed by atoms with Crippen LogP contribution in [0.25, 0.3) is 0 Å². The fraction of sp³-hybridized carbons (Fsp3) is 1.00. The number of hydrogen-bond acceptors (Lipinski definition) is 2. The maximum Gasteiger partial charge on any atom is 0.0130 e. The Labute approximate surface area is 64.6 Å². The maximum atomic E-state index is 3.30. The monoisotopic (exact) mass is 144 g/mol. The quantitative estimate of drug-likeness (QED) is 0.570. The fourth-order valence-electron chi connectivity index (χ4n) is 0.922. The highest BCUT2D eigenvalue weighted by Crippen LogP contribution is 1.89. The predicted octanol–water partition coefficient (Wildman–Crippen LogP) is 1.63. The molecule has 2 nitrogen and oxygen atoms in total. The molecule has 2 heteroatoms. The molecular weight excluding hydrogens is 124 g/mol. The topological polar surface area (TPSA) is 15.3 Å². The third-order valence-corrected chi connectivity index (χ3v) is 1.55. The van der Waals surface area contributed by atoms with Crippen LogP contribution < -0.4 is 5.43 Å². The standard InChI is InChI=1S/C8H20N2/c1-4-7-8-10(6-3)9-5-2/h9H,4-8H2,1-3H3. The molecule has 1 N–H and O–H groups in total. The van der Waals surface area contributed by atoms with Crippen molar-refractivity contribution in [2.24, 2.45) is 0 Å². The molecule has 10 heavy (non-hydrogen) atoms. The smallest absolute Gasteiger partial charge is 0.0130 e. The third-order valence-electron chi connectivity index (χ3n) is 1.55. The van der Waals surface area contributed by atoms with Gasteiger partial charge >= 0.3 is 0 Å². The molecule has 0 aliphatic rings. The Morgan fingerprint density at radius 1 is 1.20 bits per heavy atom. The molecule has 0 aromatic carbocycles. The Morgan fingerprint density at radius 2 is 1.90 bits per heavy atom. The van der Waals surface area contributed by atoms with Crippen LogP contribution in [-0.4, -0.2) is 24.6 Å². The van der Waals surface area contributed by atoms with Crippen LogP contribution in [0.3, 0.4) is 0 Å². The lowest BCUT2D eigenvalue weighted by atomic mass is 10.3. The van der Waals surface area contributed by atoms with E-state index in [0.717, 1.165) is 13.1 Å². The van der Waals surface area contributed by atoms with Gasteiger partial charge in [-0.25, -0.2) is 5.01 Å². The first-order valence-corrected chi connectivity index (χ1v) is 4.33. The van der Waals surface area contributed by atoms with Crippen molar-refractivity contribution in [2.75, 3.05) is 19.6 Å².